The Balaban J connectivity index is 1.06. The number of fused-ring (bicyclic) bond motifs is 6. The van der Waals surface area contributed by atoms with Crippen LogP contribution in [0.25, 0.3) is 112 Å². The standard InChI is InChI=1S/C49H29N5O2/c1-4-14-30(15-5-1)43-45-44(36-22-10-11-24-39(36)56-45)51-48(50-43)35-21-12-20-33(28-35)34-26-27-40-38(29-34)42-37(23-13-25-41(42)55-40)49-53-46(31-16-6-2-7-17-31)52-47(54-49)32-18-8-3-9-19-32/h1-29H. The summed E-state index contributed by atoms with van der Waals surface area (Å²) in [5.74, 6) is 2.42. The van der Waals surface area contributed by atoms with Crippen molar-refractivity contribution in [3.05, 3.63) is 176 Å². The van der Waals surface area contributed by atoms with Crippen LogP contribution in [0.3, 0.4) is 0 Å². The SMILES string of the molecule is c1ccc(-c2nc(-c3ccccc3)nc(-c3cccc4oc5ccc(-c6cccc(-c7nc(-c8ccccc8)c8oc9ccccc9c8n7)c6)cc5c34)n2)cc1. The van der Waals surface area contributed by atoms with Crippen LogP contribution < -0.4 is 0 Å². The number of nitrogens with zero attached hydrogens (tertiary/aromatic N) is 5. The molecule has 0 radical (unpaired) electrons. The van der Waals surface area contributed by atoms with Crippen molar-refractivity contribution in [2.45, 2.75) is 0 Å². The van der Waals surface area contributed by atoms with Crippen LogP contribution in [0, 0.1) is 0 Å². The minimum atomic E-state index is 0.576. The lowest BCUT2D eigenvalue weighted by Crippen LogP contribution is -2.00. The van der Waals surface area contributed by atoms with Gasteiger partial charge in [0, 0.05) is 44.0 Å². The van der Waals surface area contributed by atoms with E-state index in [1.165, 1.54) is 0 Å². The molecule has 0 bridgehead atoms. The average Bonchev–Trinajstić information content (AvgIpc) is 3.85. The fourth-order valence-corrected chi connectivity index (χ4v) is 7.47. The zero-order chi connectivity index (χ0) is 37.0. The zero-order valence-electron chi connectivity index (χ0n) is 29.8. The predicted molar refractivity (Wildman–Crippen MR) is 223 cm³/mol. The summed E-state index contributed by atoms with van der Waals surface area (Å²) in [6.07, 6.45) is 0. The van der Waals surface area contributed by atoms with Gasteiger partial charge in [0.1, 0.15) is 28.0 Å². The van der Waals surface area contributed by atoms with E-state index in [1.54, 1.807) is 0 Å². The highest BCUT2D eigenvalue weighted by molar-refractivity contribution is 6.13. The molecule has 0 saturated carbocycles. The van der Waals surface area contributed by atoms with Gasteiger partial charge < -0.3 is 8.83 Å². The zero-order valence-corrected chi connectivity index (χ0v) is 29.8. The minimum Gasteiger partial charge on any atom is -0.456 e. The van der Waals surface area contributed by atoms with Crippen LogP contribution in [0.15, 0.2) is 185 Å². The molecule has 0 aliphatic heterocycles. The predicted octanol–water partition coefficient (Wildman–Crippen LogP) is 12.5. The van der Waals surface area contributed by atoms with Crippen LogP contribution in [0.2, 0.25) is 0 Å². The second kappa shape index (κ2) is 13.0. The second-order valence-electron chi connectivity index (χ2n) is 13.6. The second-order valence-corrected chi connectivity index (χ2v) is 13.6. The highest BCUT2D eigenvalue weighted by Crippen LogP contribution is 2.40. The van der Waals surface area contributed by atoms with Gasteiger partial charge in [0.2, 0.25) is 0 Å². The van der Waals surface area contributed by atoms with Gasteiger partial charge in [0.25, 0.3) is 0 Å². The van der Waals surface area contributed by atoms with Crippen molar-refractivity contribution in [1.29, 1.82) is 0 Å². The summed E-state index contributed by atoms with van der Waals surface area (Å²) in [6.45, 7) is 0. The lowest BCUT2D eigenvalue weighted by molar-refractivity contribution is 0.667. The third-order valence-electron chi connectivity index (χ3n) is 10.2. The van der Waals surface area contributed by atoms with Crippen molar-refractivity contribution >= 4 is 44.0 Å². The molecule has 7 nitrogen and oxygen atoms in total. The summed E-state index contributed by atoms with van der Waals surface area (Å²) >= 11 is 0. The van der Waals surface area contributed by atoms with Crippen LogP contribution in [0.1, 0.15) is 0 Å². The molecular formula is C49H29N5O2. The Hall–Kier alpha value is -7.77. The van der Waals surface area contributed by atoms with E-state index in [4.69, 9.17) is 33.8 Å². The highest BCUT2D eigenvalue weighted by Gasteiger charge is 2.20. The van der Waals surface area contributed by atoms with Crippen molar-refractivity contribution in [3.8, 4) is 67.9 Å². The molecule has 7 aromatic carbocycles. The quantitative estimate of drug-likeness (QED) is 0.169. The maximum absolute atomic E-state index is 6.45. The van der Waals surface area contributed by atoms with Crippen LogP contribution in [0.4, 0.5) is 0 Å². The Bertz CT molecular complexity index is 3190. The summed E-state index contributed by atoms with van der Waals surface area (Å²) < 4.78 is 12.8. The van der Waals surface area contributed by atoms with Gasteiger partial charge in [-0.05, 0) is 47.5 Å². The number of hydrogen-bond donors (Lipinski definition) is 0. The van der Waals surface area contributed by atoms with Crippen molar-refractivity contribution in [3.63, 3.8) is 0 Å². The van der Waals surface area contributed by atoms with E-state index in [1.807, 2.05) is 121 Å². The van der Waals surface area contributed by atoms with E-state index in [-0.39, 0.29) is 0 Å². The van der Waals surface area contributed by atoms with E-state index in [9.17, 15) is 0 Å². The number of aromatic nitrogens is 5. The smallest absolute Gasteiger partial charge is 0.180 e. The Morgan fingerprint density at radius 3 is 1.62 bits per heavy atom. The number of hydrogen-bond acceptors (Lipinski definition) is 7. The van der Waals surface area contributed by atoms with Gasteiger partial charge in [-0.25, -0.2) is 24.9 Å². The summed E-state index contributed by atoms with van der Waals surface area (Å²) in [6, 6.07) is 58.9. The first kappa shape index (κ1) is 31.7. The Morgan fingerprint density at radius 1 is 0.321 bits per heavy atom. The molecule has 4 aromatic heterocycles. The molecule has 0 atom stereocenters. The first-order chi connectivity index (χ1) is 27.7. The van der Waals surface area contributed by atoms with Gasteiger partial charge in [-0.2, -0.15) is 0 Å². The first-order valence-corrected chi connectivity index (χ1v) is 18.4. The fourth-order valence-electron chi connectivity index (χ4n) is 7.47. The fraction of sp³-hybridized carbons (Fsp3) is 0. The molecule has 0 N–H and O–H groups in total. The van der Waals surface area contributed by atoms with Gasteiger partial charge in [0.05, 0.1) is 0 Å². The molecule has 0 amide bonds. The van der Waals surface area contributed by atoms with Gasteiger partial charge in [-0.1, -0.05) is 140 Å². The number of para-hydroxylation sites is 1. The summed E-state index contributed by atoms with van der Waals surface area (Å²) in [5, 5.41) is 2.87. The summed E-state index contributed by atoms with van der Waals surface area (Å²) in [5.41, 5.74) is 11.2. The lowest BCUT2D eigenvalue weighted by Gasteiger charge is -2.09. The third-order valence-corrected chi connectivity index (χ3v) is 10.2. The van der Waals surface area contributed by atoms with E-state index in [0.29, 0.717) is 28.9 Å². The molecule has 4 heterocycles. The lowest BCUT2D eigenvalue weighted by atomic mass is 9.99. The molecule has 0 aliphatic carbocycles. The van der Waals surface area contributed by atoms with Gasteiger partial charge in [-0.15, -0.1) is 0 Å². The van der Waals surface area contributed by atoms with E-state index < -0.39 is 0 Å². The average molecular weight is 720 g/mol. The molecule has 11 aromatic rings. The number of rotatable bonds is 6. The third kappa shape index (κ3) is 5.41. The molecule has 0 fully saturated rings. The normalized spacial score (nSPS) is 11.6. The topological polar surface area (TPSA) is 90.7 Å². The Labute approximate surface area is 320 Å². The maximum Gasteiger partial charge on any atom is 0.180 e. The molecule has 0 unspecified atom stereocenters. The molecule has 56 heavy (non-hydrogen) atoms. The van der Waals surface area contributed by atoms with Crippen molar-refractivity contribution in [2.24, 2.45) is 0 Å². The van der Waals surface area contributed by atoms with Crippen molar-refractivity contribution in [2.75, 3.05) is 0 Å². The van der Waals surface area contributed by atoms with Crippen LogP contribution in [0.5, 0.6) is 0 Å². The van der Waals surface area contributed by atoms with Gasteiger partial charge in [-0.3, -0.25) is 0 Å². The van der Waals surface area contributed by atoms with E-state index >= 15 is 0 Å². The molecule has 0 spiro atoms. The van der Waals surface area contributed by atoms with E-state index in [0.717, 1.165) is 83.1 Å². The molecule has 7 heteroatoms. The summed E-state index contributed by atoms with van der Waals surface area (Å²) in [7, 11) is 0. The monoisotopic (exact) mass is 719 g/mol. The molecule has 0 aliphatic rings. The Kier molecular flexibility index (Phi) is 7.35. The van der Waals surface area contributed by atoms with Crippen LogP contribution in [-0.2, 0) is 0 Å². The van der Waals surface area contributed by atoms with Crippen LogP contribution >= 0.6 is 0 Å². The molecule has 11 rings (SSSR count). The van der Waals surface area contributed by atoms with E-state index in [2.05, 4.69) is 54.6 Å². The largest absolute Gasteiger partial charge is 0.456 e. The first-order valence-electron chi connectivity index (χ1n) is 18.4. The number of furan rings is 2. The van der Waals surface area contributed by atoms with Gasteiger partial charge >= 0.3 is 0 Å². The van der Waals surface area contributed by atoms with Crippen LogP contribution in [-0.4, -0.2) is 24.9 Å². The highest BCUT2D eigenvalue weighted by atomic mass is 16.3. The summed E-state index contributed by atoms with van der Waals surface area (Å²) in [4.78, 5) is 25.2. The minimum absolute atomic E-state index is 0.576. The van der Waals surface area contributed by atoms with Gasteiger partial charge in [0.15, 0.2) is 28.9 Å². The molecule has 262 valence electrons. The Morgan fingerprint density at radius 2 is 0.875 bits per heavy atom. The number of benzene rings is 7. The maximum atomic E-state index is 6.45. The molecular weight excluding hydrogens is 691 g/mol. The van der Waals surface area contributed by atoms with Crippen molar-refractivity contribution in [1.82, 2.24) is 24.9 Å². The van der Waals surface area contributed by atoms with Crippen molar-refractivity contribution < 1.29 is 8.83 Å². The molecule has 0 saturated heterocycles.